The van der Waals surface area contributed by atoms with Crippen LogP contribution in [0.4, 0.5) is 0 Å². The molecule has 2 heterocycles. The Balaban J connectivity index is 1.33. The number of aromatic amines is 1. The Hall–Kier alpha value is -2.50. The molecule has 0 saturated carbocycles. The summed E-state index contributed by atoms with van der Waals surface area (Å²) in [7, 11) is 1.68. The summed E-state index contributed by atoms with van der Waals surface area (Å²) in [6.07, 6.45) is 2.16. The van der Waals surface area contributed by atoms with Crippen LogP contribution < -0.4 is 9.47 Å². The van der Waals surface area contributed by atoms with E-state index in [-0.39, 0.29) is 0 Å². The average molecular weight is 380 g/mol. The summed E-state index contributed by atoms with van der Waals surface area (Å²) in [4.78, 5) is 8.45. The van der Waals surface area contributed by atoms with E-state index >= 15 is 0 Å². The van der Waals surface area contributed by atoms with Gasteiger partial charge in [-0.3, -0.25) is 9.80 Å². The number of aromatic nitrogens is 1. The van der Waals surface area contributed by atoms with Crippen LogP contribution in [0.1, 0.15) is 18.1 Å². The fourth-order valence-corrected chi connectivity index (χ4v) is 3.95. The molecule has 1 aliphatic heterocycles. The van der Waals surface area contributed by atoms with Crippen molar-refractivity contribution in [2.24, 2.45) is 0 Å². The summed E-state index contributed by atoms with van der Waals surface area (Å²) in [6, 6.07) is 14.8. The molecule has 0 spiro atoms. The Morgan fingerprint density at radius 3 is 2.43 bits per heavy atom. The highest BCUT2D eigenvalue weighted by molar-refractivity contribution is 5.82. The van der Waals surface area contributed by atoms with Crippen molar-refractivity contribution >= 4 is 10.9 Å². The van der Waals surface area contributed by atoms with Crippen LogP contribution in [0.5, 0.6) is 11.5 Å². The number of fused-ring (bicyclic) bond motifs is 1. The maximum absolute atomic E-state index is 5.71. The third-order valence-electron chi connectivity index (χ3n) is 5.47. The maximum atomic E-state index is 5.71. The number of ether oxygens (including phenoxy) is 2. The summed E-state index contributed by atoms with van der Waals surface area (Å²) >= 11 is 0. The lowest BCUT2D eigenvalue weighted by atomic mass is 10.1. The molecule has 1 N–H and O–H groups in total. The van der Waals surface area contributed by atoms with Gasteiger partial charge in [0.15, 0.2) is 11.5 Å². The highest BCUT2D eigenvalue weighted by Gasteiger charge is 2.18. The number of H-pyrrole nitrogens is 1. The Labute approximate surface area is 166 Å². The van der Waals surface area contributed by atoms with E-state index in [2.05, 4.69) is 57.4 Å². The third-order valence-corrected chi connectivity index (χ3v) is 5.47. The van der Waals surface area contributed by atoms with Crippen molar-refractivity contribution in [3.8, 4) is 11.5 Å². The van der Waals surface area contributed by atoms with Crippen molar-refractivity contribution in [2.45, 2.75) is 20.0 Å². The van der Waals surface area contributed by atoms with Gasteiger partial charge in [-0.05, 0) is 36.2 Å². The number of hydrogen-bond donors (Lipinski definition) is 1. The molecule has 1 saturated heterocycles. The molecular weight excluding hydrogens is 350 g/mol. The van der Waals surface area contributed by atoms with E-state index in [9.17, 15) is 0 Å². The summed E-state index contributed by atoms with van der Waals surface area (Å²) in [5, 5.41) is 1.34. The molecule has 1 fully saturated rings. The molecule has 0 amide bonds. The molecule has 2 aromatic carbocycles. The zero-order chi connectivity index (χ0) is 19.3. The van der Waals surface area contributed by atoms with Crippen molar-refractivity contribution in [3.63, 3.8) is 0 Å². The van der Waals surface area contributed by atoms with E-state index < -0.39 is 0 Å². The number of rotatable bonds is 7. The lowest BCUT2D eigenvalue weighted by Crippen LogP contribution is -2.45. The van der Waals surface area contributed by atoms with Crippen LogP contribution >= 0.6 is 0 Å². The fourth-order valence-electron chi connectivity index (χ4n) is 3.95. The highest BCUT2D eigenvalue weighted by Crippen LogP contribution is 2.28. The van der Waals surface area contributed by atoms with Crippen LogP contribution in [-0.4, -0.2) is 54.7 Å². The van der Waals surface area contributed by atoms with E-state index in [4.69, 9.17) is 9.47 Å². The molecule has 3 aromatic rings. The molecule has 0 aliphatic carbocycles. The normalized spacial score (nSPS) is 15.8. The number of para-hydroxylation sites is 1. The number of nitrogens with one attached hydrogen (secondary N) is 1. The van der Waals surface area contributed by atoms with Crippen LogP contribution in [-0.2, 0) is 13.1 Å². The summed E-state index contributed by atoms with van der Waals surface area (Å²) < 4.78 is 11.1. The predicted octanol–water partition coefficient (Wildman–Crippen LogP) is 3.89. The van der Waals surface area contributed by atoms with Gasteiger partial charge in [0.2, 0.25) is 0 Å². The van der Waals surface area contributed by atoms with Gasteiger partial charge in [-0.2, -0.15) is 0 Å². The standard InChI is InChI=1S/C23H29N3O2/c1-3-28-23-14-18(8-9-22(23)27-2)16-25-10-12-26(13-11-25)17-19-15-24-21-7-5-4-6-20(19)21/h4-9,14-15,24H,3,10-13,16-17H2,1-2H3. The Kier molecular flexibility index (Phi) is 5.84. The molecule has 5 heteroatoms. The van der Waals surface area contributed by atoms with Gasteiger partial charge in [0.1, 0.15) is 0 Å². The minimum Gasteiger partial charge on any atom is -0.493 e. The van der Waals surface area contributed by atoms with Crippen molar-refractivity contribution < 1.29 is 9.47 Å². The number of piperazine rings is 1. The first-order chi connectivity index (χ1) is 13.8. The Morgan fingerprint density at radius 2 is 1.68 bits per heavy atom. The van der Waals surface area contributed by atoms with Gasteiger partial charge in [0.05, 0.1) is 13.7 Å². The molecule has 148 valence electrons. The van der Waals surface area contributed by atoms with Gasteiger partial charge in [-0.15, -0.1) is 0 Å². The van der Waals surface area contributed by atoms with Crippen LogP contribution in [0, 0.1) is 0 Å². The Bertz CT molecular complexity index is 913. The smallest absolute Gasteiger partial charge is 0.161 e. The molecular formula is C23H29N3O2. The first-order valence-corrected chi connectivity index (χ1v) is 10.1. The van der Waals surface area contributed by atoms with Crippen molar-refractivity contribution in [2.75, 3.05) is 39.9 Å². The molecule has 1 aliphatic rings. The molecule has 5 nitrogen and oxygen atoms in total. The Morgan fingerprint density at radius 1 is 0.929 bits per heavy atom. The van der Waals surface area contributed by atoms with Crippen LogP contribution in [0.3, 0.4) is 0 Å². The van der Waals surface area contributed by atoms with Crippen LogP contribution in [0.15, 0.2) is 48.7 Å². The van der Waals surface area contributed by atoms with Gasteiger partial charge in [-0.25, -0.2) is 0 Å². The van der Waals surface area contributed by atoms with Crippen molar-refractivity contribution in [3.05, 3.63) is 59.8 Å². The summed E-state index contributed by atoms with van der Waals surface area (Å²) in [5.41, 5.74) is 3.88. The molecule has 1 aromatic heterocycles. The quantitative estimate of drug-likeness (QED) is 0.676. The average Bonchev–Trinajstić information content (AvgIpc) is 3.13. The largest absolute Gasteiger partial charge is 0.493 e. The lowest BCUT2D eigenvalue weighted by Gasteiger charge is -2.34. The number of hydrogen-bond acceptors (Lipinski definition) is 4. The highest BCUT2D eigenvalue weighted by atomic mass is 16.5. The molecule has 4 rings (SSSR count). The second-order valence-corrected chi connectivity index (χ2v) is 7.33. The first-order valence-electron chi connectivity index (χ1n) is 10.1. The lowest BCUT2D eigenvalue weighted by molar-refractivity contribution is 0.122. The van der Waals surface area contributed by atoms with E-state index in [0.717, 1.165) is 50.8 Å². The van der Waals surface area contributed by atoms with Gasteiger partial charge in [0.25, 0.3) is 0 Å². The number of nitrogens with zero attached hydrogens (tertiary/aromatic N) is 2. The third kappa shape index (κ3) is 4.16. The fraction of sp³-hybridized carbons (Fsp3) is 0.391. The second kappa shape index (κ2) is 8.67. The number of benzene rings is 2. The van der Waals surface area contributed by atoms with Crippen molar-refractivity contribution in [1.82, 2.24) is 14.8 Å². The van der Waals surface area contributed by atoms with Crippen LogP contribution in [0.2, 0.25) is 0 Å². The zero-order valence-corrected chi connectivity index (χ0v) is 16.8. The van der Waals surface area contributed by atoms with Gasteiger partial charge < -0.3 is 14.5 Å². The molecule has 0 bridgehead atoms. The minimum absolute atomic E-state index is 0.645. The zero-order valence-electron chi connectivity index (χ0n) is 16.8. The first kappa shape index (κ1) is 18.8. The predicted molar refractivity (Wildman–Crippen MR) is 113 cm³/mol. The summed E-state index contributed by atoms with van der Waals surface area (Å²) in [6.45, 7) is 8.95. The van der Waals surface area contributed by atoms with E-state index in [1.807, 2.05) is 13.0 Å². The topological polar surface area (TPSA) is 40.7 Å². The van der Waals surface area contributed by atoms with E-state index in [1.54, 1.807) is 7.11 Å². The van der Waals surface area contributed by atoms with Gasteiger partial charge in [-0.1, -0.05) is 24.3 Å². The van der Waals surface area contributed by atoms with E-state index in [1.165, 1.54) is 22.0 Å². The molecule has 28 heavy (non-hydrogen) atoms. The molecule has 0 atom stereocenters. The SMILES string of the molecule is CCOc1cc(CN2CCN(Cc3c[nH]c4ccccc34)CC2)ccc1OC. The van der Waals surface area contributed by atoms with Crippen molar-refractivity contribution in [1.29, 1.82) is 0 Å². The summed E-state index contributed by atoms with van der Waals surface area (Å²) in [5.74, 6) is 1.63. The van der Waals surface area contributed by atoms with Crippen LogP contribution in [0.25, 0.3) is 10.9 Å². The number of methoxy groups -OCH3 is 1. The monoisotopic (exact) mass is 379 g/mol. The molecule has 0 radical (unpaired) electrons. The molecule has 0 unspecified atom stereocenters. The minimum atomic E-state index is 0.645. The van der Waals surface area contributed by atoms with Gasteiger partial charge >= 0.3 is 0 Å². The van der Waals surface area contributed by atoms with E-state index in [0.29, 0.717) is 6.61 Å². The second-order valence-electron chi connectivity index (χ2n) is 7.33. The maximum Gasteiger partial charge on any atom is 0.161 e. The van der Waals surface area contributed by atoms with Gasteiger partial charge in [0, 0.05) is 56.4 Å².